The van der Waals surface area contributed by atoms with Crippen molar-refractivity contribution in [3.05, 3.63) is 111 Å². The molecule has 2 aliphatic carbocycles. The van der Waals surface area contributed by atoms with Gasteiger partial charge < -0.3 is 34.7 Å². The van der Waals surface area contributed by atoms with E-state index in [1.54, 1.807) is 60.7 Å². The molecule has 2 amide bonds. The number of halogens is 3. The Hall–Kier alpha value is -4.78. The Bertz CT molecular complexity index is 1870. The van der Waals surface area contributed by atoms with Crippen LogP contribution >= 0.6 is 40.2 Å². The van der Waals surface area contributed by atoms with Crippen LogP contribution in [-0.4, -0.2) is 55.3 Å². The van der Waals surface area contributed by atoms with Crippen LogP contribution in [0.25, 0.3) is 0 Å². The maximum atomic E-state index is 12.7. The molecule has 3 N–H and O–H groups in total. The fourth-order valence-corrected chi connectivity index (χ4v) is 6.87. The van der Waals surface area contributed by atoms with Crippen LogP contribution in [0.2, 0.25) is 10.0 Å². The van der Waals surface area contributed by atoms with Crippen LogP contribution in [0.3, 0.4) is 0 Å². The minimum atomic E-state index is -0.451. The zero-order valence-electron chi connectivity index (χ0n) is 32.0. The minimum Gasteiger partial charge on any atom is -0.503 e. The Kier molecular flexibility index (Phi) is 17.1. The van der Waals surface area contributed by atoms with E-state index < -0.39 is 17.8 Å². The van der Waals surface area contributed by atoms with Crippen molar-refractivity contribution in [3.63, 3.8) is 0 Å². The molecule has 0 spiro atoms. The monoisotopic (exact) mass is 884 g/mol. The maximum Gasteiger partial charge on any atom is 0.337 e. The van der Waals surface area contributed by atoms with Gasteiger partial charge in [-0.25, -0.2) is 9.59 Å². The molecule has 0 saturated heterocycles. The number of benzene rings is 4. The average molecular weight is 887 g/mol. The number of hydrogen-bond acceptors (Lipinski definition) is 9. The molecule has 4 aromatic carbocycles. The van der Waals surface area contributed by atoms with E-state index >= 15 is 0 Å². The van der Waals surface area contributed by atoms with Crippen molar-refractivity contribution in [2.24, 2.45) is 0 Å². The highest BCUT2D eigenvalue weighted by Gasteiger charge is 2.21. The highest BCUT2D eigenvalue weighted by atomic mass is 79.9. The van der Waals surface area contributed by atoms with E-state index in [1.165, 1.54) is 52.0 Å². The highest BCUT2D eigenvalue weighted by molar-refractivity contribution is 8.93. The molecule has 0 heterocycles. The van der Waals surface area contributed by atoms with E-state index in [9.17, 15) is 24.3 Å². The first kappa shape index (κ1) is 44.9. The zero-order valence-corrected chi connectivity index (χ0v) is 35.3. The molecule has 4 aromatic rings. The summed E-state index contributed by atoms with van der Waals surface area (Å²) in [5.74, 6) is -0.856. The van der Waals surface area contributed by atoms with Gasteiger partial charge in [0.15, 0.2) is 11.5 Å². The molecule has 2 aliphatic rings. The highest BCUT2D eigenvalue weighted by Crippen LogP contribution is 2.38. The number of hydrogen-bond donors (Lipinski definition) is 3. The molecule has 57 heavy (non-hydrogen) atoms. The summed E-state index contributed by atoms with van der Waals surface area (Å²) in [4.78, 5) is 48.3. The number of rotatable bonds is 10. The van der Waals surface area contributed by atoms with Crippen molar-refractivity contribution < 1.29 is 43.2 Å². The molecule has 2 saturated carbocycles. The Morgan fingerprint density at radius 2 is 0.965 bits per heavy atom. The lowest BCUT2D eigenvalue weighted by Crippen LogP contribution is -2.20. The van der Waals surface area contributed by atoms with Gasteiger partial charge in [0.05, 0.1) is 42.6 Å². The Morgan fingerprint density at radius 3 is 1.39 bits per heavy atom. The first-order valence-electron chi connectivity index (χ1n) is 18.6. The number of carbonyl (C=O) groups excluding carboxylic acids is 4. The second kappa shape index (κ2) is 21.7. The fraction of sp³-hybridized carbons (Fsp3) is 0.349. The molecular weight excluding hydrogens is 839 g/mol. The third-order valence-electron chi connectivity index (χ3n) is 9.67. The Morgan fingerprint density at radius 1 is 0.579 bits per heavy atom. The summed E-state index contributed by atoms with van der Waals surface area (Å²) in [6, 6.07) is 19.1. The number of phenolic OH excluding ortho intramolecular Hbond substituents is 1. The van der Waals surface area contributed by atoms with Gasteiger partial charge in [-0.1, -0.05) is 36.0 Å². The van der Waals surface area contributed by atoms with Crippen LogP contribution in [0.1, 0.15) is 111 Å². The van der Waals surface area contributed by atoms with Gasteiger partial charge >= 0.3 is 11.9 Å². The Balaban J connectivity index is 0.000000248. The van der Waals surface area contributed by atoms with Gasteiger partial charge in [0.2, 0.25) is 0 Å². The van der Waals surface area contributed by atoms with Crippen LogP contribution < -0.4 is 20.1 Å². The second-order valence-corrected chi connectivity index (χ2v) is 14.5. The normalized spacial score (nSPS) is 14.1. The number of phenols is 1. The summed E-state index contributed by atoms with van der Waals surface area (Å²) < 4.78 is 21.4. The fourth-order valence-electron chi connectivity index (χ4n) is 6.45. The zero-order chi connectivity index (χ0) is 40.2. The molecule has 0 radical (unpaired) electrons. The van der Waals surface area contributed by atoms with E-state index in [0.717, 1.165) is 44.1 Å². The molecule has 0 aromatic heterocycles. The summed E-state index contributed by atoms with van der Waals surface area (Å²) in [5.41, 5.74) is 3.43. The number of anilines is 2. The largest absolute Gasteiger partial charge is 0.503 e. The van der Waals surface area contributed by atoms with Crippen molar-refractivity contribution in [3.8, 4) is 17.2 Å². The van der Waals surface area contributed by atoms with Crippen molar-refractivity contribution in [1.82, 2.24) is 0 Å². The molecule has 2 fully saturated rings. The predicted molar refractivity (Wildman–Crippen MR) is 226 cm³/mol. The van der Waals surface area contributed by atoms with Crippen LogP contribution in [-0.2, 0) is 9.47 Å². The van der Waals surface area contributed by atoms with E-state index in [0.29, 0.717) is 38.8 Å². The van der Waals surface area contributed by atoms with Gasteiger partial charge in [0, 0.05) is 33.1 Å². The van der Waals surface area contributed by atoms with E-state index in [1.807, 2.05) is 6.92 Å². The SMILES string of the molecule is Br.COC(=O)c1ccc(NC(=O)c2cc(Cl)c(C)c(OC3CCCCC3)c2)cc1.COC(=O)c1ccc(NC(=O)c2cc(Cl)c(O)c(OC3CCCCC3)c2)cc1. The molecular formula is C43H47BrCl2N2O9. The topological polar surface area (TPSA) is 149 Å². The average Bonchev–Trinajstić information content (AvgIpc) is 3.22. The first-order chi connectivity index (χ1) is 26.9. The third kappa shape index (κ3) is 12.6. The quantitative estimate of drug-likeness (QED) is 0.132. The van der Waals surface area contributed by atoms with Gasteiger partial charge in [-0.15, -0.1) is 17.0 Å². The van der Waals surface area contributed by atoms with E-state index in [4.69, 9.17) is 32.7 Å². The van der Waals surface area contributed by atoms with Crippen molar-refractivity contribution in [2.45, 2.75) is 83.3 Å². The van der Waals surface area contributed by atoms with Crippen LogP contribution in [0, 0.1) is 6.92 Å². The van der Waals surface area contributed by atoms with Gasteiger partial charge in [-0.3, -0.25) is 9.59 Å². The number of esters is 2. The number of nitrogens with one attached hydrogen (secondary N) is 2. The third-order valence-corrected chi connectivity index (χ3v) is 10.3. The van der Waals surface area contributed by atoms with Crippen LogP contribution in [0.5, 0.6) is 17.2 Å². The summed E-state index contributed by atoms with van der Waals surface area (Å²) >= 11 is 12.4. The van der Waals surface area contributed by atoms with Crippen LogP contribution in [0.15, 0.2) is 72.8 Å². The van der Waals surface area contributed by atoms with E-state index in [-0.39, 0.29) is 57.2 Å². The second-order valence-electron chi connectivity index (χ2n) is 13.7. The number of methoxy groups -OCH3 is 2. The van der Waals surface area contributed by atoms with Gasteiger partial charge in [-0.2, -0.15) is 0 Å². The standard InChI is InChI=1S/C22H24ClNO4.C21H22ClNO5.BrH/c1-14-19(23)12-16(13-20(14)28-18-6-4-3-5-7-18)21(25)24-17-10-8-15(9-11-17)22(26)27-2;1-27-21(26)13-7-9-15(10-8-13)23-20(25)14-11-17(22)19(24)18(12-14)28-16-5-3-2-4-6-16;/h8-13,18H,3-7H2,1-2H3,(H,24,25);7-12,16,24H,2-6H2,1H3,(H,23,25);1H. The van der Waals surface area contributed by atoms with Crippen molar-refractivity contribution in [1.29, 1.82) is 0 Å². The van der Waals surface area contributed by atoms with Gasteiger partial charge in [0.1, 0.15) is 5.75 Å². The molecule has 6 rings (SSSR count). The number of ether oxygens (including phenoxy) is 4. The molecule has 0 bridgehead atoms. The van der Waals surface area contributed by atoms with Crippen molar-refractivity contribution in [2.75, 3.05) is 24.9 Å². The summed E-state index contributed by atoms with van der Waals surface area (Å²) in [7, 11) is 2.63. The molecule has 0 aliphatic heterocycles. The first-order valence-corrected chi connectivity index (χ1v) is 19.4. The summed E-state index contributed by atoms with van der Waals surface area (Å²) in [6.07, 6.45) is 11.0. The molecule has 304 valence electrons. The molecule has 14 heteroatoms. The van der Waals surface area contributed by atoms with Crippen LogP contribution in [0.4, 0.5) is 11.4 Å². The van der Waals surface area contributed by atoms with Crippen molar-refractivity contribution >= 4 is 75.3 Å². The lowest BCUT2D eigenvalue weighted by Gasteiger charge is -2.24. The predicted octanol–water partition coefficient (Wildman–Crippen LogP) is 10.8. The number of aromatic hydroxyl groups is 1. The van der Waals surface area contributed by atoms with E-state index in [2.05, 4.69) is 20.1 Å². The lowest BCUT2D eigenvalue weighted by molar-refractivity contribution is 0.0592. The summed E-state index contributed by atoms with van der Waals surface area (Å²) in [5, 5.41) is 16.3. The smallest absolute Gasteiger partial charge is 0.337 e. The van der Waals surface area contributed by atoms with Gasteiger partial charge in [0.25, 0.3) is 11.8 Å². The lowest BCUT2D eigenvalue weighted by atomic mass is 9.97. The number of carbonyl (C=O) groups is 4. The van der Waals surface area contributed by atoms with Gasteiger partial charge in [-0.05, 0) is 131 Å². The molecule has 0 unspecified atom stereocenters. The molecule has 11 nitrogen and oxygen atoms in total. The maximum absolute atomic E-state index is 12.7. The summed E-state index contributed by atoms with van der Waals surface area (Å²) in [6.45, 7) is 1.90. The number of amides is 2. The molecule has 0 atom stereocenters. The Labute approximate surface area is 353 Å². The minimum absolute atomic E-state index is 0.